The summed E-state index contributed by atoms with van der Waals surface area (Å²) >= 11 is 0. The van der Waals surface area contributed by atoms with Crippen molar-refractivity contribution in [3.8, 4) is 0 Å². The monoisotopic (exact) mass is 730 g/mol. The number of aliphatic hydroxyl groups excluding tert-OH is 1. The van der Waals surface area contributed by atoms with E-state index in [1.54, 1.807) is 12.2 Å². The van der Waals surface area contributed by atoms with E-state index < -0.39 is 38.6 Å². The van der Waals surface area contributed by atoms with E-state index in [1.165, 1.54) is 0 Å². The van der Waals surface area contributed by atoms with Crippen molar-refractivity contribution < 1.29 is 43.0 Å². The van der Waals surface area contributed by atoms with Crippen LogP contribution in [0.3, 0.4) is 0 Å². The third-order valence-corrected chi connectivity index (χ3v) is 7.38. The number of phosphoric ester groups is 1. The molecule has 0 rings (SSSR count). The standard InChI is InChI=1S/C41H63O9P/c1-3-5-7-9-11-13-15-17-18-20-22-24-26-28-30-34-40(43)48-36-39(37-49-51(45,46)47)50-41(44)35-31-33-38(42)32-29-27-25-23-21-19-16-14-12-10-8-6-4-2/h5-8,11-14,17-19,21-22,24-25,27,29,32,38-39,42H,3-4,9-10,15-16,20,23,26,28,30-31,33-37H2,1-2H3,(H2,45,46,47)/b7-5-,8-6-,13-11-,14-12-,18-17-,21-19-,24-22-,27-25-,32-29+/t38?,39-/m1/s1. The Morgan fingerprint density at radius 3 is 1.63 bits per heavy atom. The highest BCUT2D eigenvalue weighted by Crippen LogP contribution is 2.35. The molecule has 2 atom stereocenters. The summed E-state index contributed by atoms with van der Waals surface area (Å²) in [6.07, 6.45) is 45.6. The first-order valence-corrected chi connectivity index (χ1v) is 19.8. The van der Waals surface area contributed by atoms with Crippen molar-refractivity contribution in [2.75, 3.05) is 13.2 Å². The number of aliphatic hydroxyl groups is 1. The molecule has 0 aromatic heterocycles. The van der Waals surface area contributed by atoms with Gasteiger partial charge in [0.15, 0.2) is 6.10 Å². The van der Waals surface area contributed by atoms with Crippen molar-refractivity contribution in [1.82, 2.24) is 0 Å². The van der Waals surface area contributed by atoms with Crippen LogP contribution < -0.4 is 0 Å². The molecule has 0 aliphatic rings. The van der Waals surface area contributed by atoms with Gasteiger partial charge in [-0.2, -0.15) is 0 Å². The van der Waals surface area contributed by atoms with Gasteiger partial charge in [0, 0.05) is 12.8 Å². The molecule has 0 spiro atoms. The van der Waals surface area contributed by atoms with Gasteiger partial charge in [-0.15, -0.1) is 0 Å². The van der Waals surface area contributed by atoms with E-state index in [4.69, 9.17) is 19.3 Å². The molecule has 0 saturated carbocycles. The summed E-state index contributed by atoms with van der Waals surface area (Å²) in [5.74, 6) is -1.15. The predicted octanol–water partition coefficient (Wildman–Crippen LogP) is 9.81. The number of allylic oxidation sites excluding steroid dienone is 17. The first-order chi connectivity index (χ1) is 24.7. The fourth-order valence-corrected chi connectivity index (χ4v) is 4.57. The summed E-state index contributed by atoms with van der Waals surface area (Å²) < 4.78 is 26.1. The Morgan fingerprint density at radius 2 is 1.10 bits per heavy atom. The van der Waals surface area contributed by atoms with Crippen LogP contribution in [0.5, 0.6) is 0 Å². The Kier molecular flexibility index (Phi) is 32.8. The molecule has 0 fully saturated rings. The van der Waals surface area contributed by atoms with Gasteiger partial charge in [0.1, 0.15) is 6.61 Å². The molecule has 3 N–H and O–H groups in total. The number of unbranched alkanes of at least 4 members (excludes halogenated alkanes) is 2. The molecule has 0 aliphatic carbocycles. The Morgan fingerprint density at radius 1 is 0.608 bits per heavy atom. The van der Waals surface area contributed by atoms with Crippen molar-refractivity contribution in [3.63, 3.8) is 0 Å². The molecular formula is C41H63O9P. The number of carbonyl (C=O) groups is 2. The van der Waals surface area contributed by atoms with Crippen molar-refractivity contribution in [1.29, 1.82) is 0 Å². The van der Waals surface area contributed by atoms with Gasteiger partial charge in [-0.3, -0.25) is 14.1 Å². The van der Waals surface area contributed by atoms with Crippen molar-refractivity contribution in [2.24, 2.45) is 0 Å². The van der Waals surface area contributed by atoms with E-state index in [0.29, 0.717) is 19.3 Å². The maximum atomic E-state index is 12.4. The van der Waals surface area contributed by atoms with E-state index in [2.05, 4.69) is 103 Å². The number of phosphoric acid groups is 1. The van der Waals surface area contributed by atoms with Crippen LogP contribution in [0, 0.1) is 0 Å². The summed E-state index contributed by atoms with van der Waals surface area (Å²) in [6.45, 7) is 3.22. The normalized spacial score (nSPS) is 14.4. The predicted molar refractivity (Wildman–Crippen MR) is 208 cm³/mol. The summed E-state index contributed by atoms with van der Waals surface area (Å²) in [7, 11) is -4.82. The average molecular weight is 731 g/mol. The maximum absolute atomic E-state index is 12.4. The van der Waals surface area contributed by atoms with Crippen LogP contribution in [-0.4, -0.2) is 52.3 Å². The van der Waals surface area contributed by atoms with Crippen LogP contribution >= 0.6 is 7.82 Å². The van der Waals surface area contributed by atoms with Gasteiger partial charge >= 0.3 is 19.8 Å². The molecule has 51 heavy (non-hydrogen) atoms. The van der Waals surface area contributed by atoms with Gasteiger partial charge in [-0.1, -0.05) is 123 Å². The zero-order chi connectivity index (χ0) is 37.7. The van der Waals surface area contributed by atoms with Crippen LogP contribution in [0.15, 0.2) is 109 Å². The summed E-state index contributed by atoms with van der Waals surface area (Å²) in [6, 6.07) is 0. The molecule has 1 unspecified atom stereocenters. The van der Waals surface area contributed by atoms with Gasteiger partial charge in [0.2, 0.25) is 0 Å². The highest BCUT2D eigenvalue weighted by atomic mass is 31.2. The fraction of sp³-hybridized carbons (Fsp3) is 0.512. The molecule has 0 radical (unpaired) electrons. The lowest BCUT2D eigenvalue weighted by atomic mass is 10.1. The number of ether oxygens (including phenoxy) is 2. The third kappa shape index (κ3) is 37.7. The Hall–Kier alpha value is -3.33. The number of hydrogen-bond acceptors (Lipinski definition) is 7. The Labute approximate surface area is 307 Å². The fourth-order valence-electron chi connectivity index (χ4n) is 4.21. The van der Waals surface area contributed by atoms with Crippen LogP contribution in [0.4, 0.5) is 0 Å². The second-order valence-electron chi connectivity index (χ2n) is 11.6. The first kappa shape index (κ1) is 47.7. The van der Waals surface area contributed by atoms with Gasteiger partial charge < -0.3 is 24.4 Å². The van der Waals surface area contributed by atoms with Crippen LogP contribution in [-0.2, 0) is 28.2 Å². The molecule has 0 aromatic rings. The summed E-state index contributed by atoms with van der Waals surface area (Å²) in [5, 5.41) is 10.2. The maximum Gasteiger partial charge on any atom is 0.469 e. The average Bonchev–Trinajstić information content (AvgIpc) is 3.09. The second kappa shape index (κ2) is 35.1. The number of rotatable bonds is 31. The van der Waals surface area contributed by atoms with Gasteiger partial charge in [0.05, 0.1) is 12.7 Å². The van der Waals surface area contributed by atoms with Crippen molar-refractivity contribution >= 4 is 19.8 Å². The van der Waals surface area contributed by atoms with Gasteiger partial charge in [0.25, 0.3) is 0 Å². The molecule has 0 bridgehead atoms. The molecule has 286 valence electrons. The second-order valence-corrected chi connectivity index (χ2v) is 12.9. The topological polar surface area (TPSA) is 140 Å². The lowest BCUT2D eigenvalue weighted by Gasteiger charge is -2.18. The number of esters is 2. The van der Waals surface area contributed by atoms with Gasteiger partial charge in [-0.25, -0.2) is 4.57 Å². The quantitative estimate of drug-likeness (QED) is 0.0209. The van der Waals surface area contributed by atoms with Crippen molar-refractivity contribution in [3.05, 3.63) is 109 Å². The SMILES string of the molecule is CC/C=C\C/C=C\C/C=C\C/C=C\C=C\C(O)CCCC(=O)O[C@H](COC(=O)CCCC/C=C\C/C=C\C/C=C\C/C=C\CC)COP(=O)(O)O. The summed E-state index contributed by atoms with van der Waals surface area (Å²) in [4.78, 5) is 42.7. The highest BCUT2D eigenvalue weighted by Gasteiger charge is 2.23. The minimum Gasteiger partial charge on any atom is -0.462 e. The smallest absolute Gasteiger partial charge is 0.462 e. The highest BCUT2D eigenvalue weighted by molar-refractivity contribution is 7.46. The molecule has 0 aliphatic heterocycles. The zero-order valence-electron chi connectivity index (χ0n) is 30.8. The molecule has 0 aromatic carbocycles. The first-order valence-electron chi connectivity index (χ1n) is 18.3. The largest absolute Gasteiger partial charge is 0.469 e. The van der Waals surface area contributed by atoms with Gasteiger partial charge in [-0.05, 0) is 83.5 Å². The van der Waals surface area contributed by atoms with Crippen LogP contribution in [0.1, 0.15) is 110 Å². The number of hydrogen-bond donors (Lipinski definition) is 3. The Bertz CT molecular complexity index is 1200. The lowest BCUT2D eigenvalue weighted by Crippen LogP contribution is -2.29. The lowest BCUT2D eigenvalue weighted by molar-refractivity contribution is -0.161. The molecule has 9 nitrogen and oxygen atoms in total. The van der Waals surface area contributed by atoms with Crippen LogP contribution in [0.25, 0.3) is 0 Å². The summed E-state index contributed by atoms with van der Waals surface area (Å²) in [5.41, 5.74) is 0. The number of carbonyl (C=O) groups excluding carboxylic acids is 2. The van der Waals surface area contributed by atoms with Crippen molar-refractivity contribution in [2.45, 2.75) is 122 Å². The van der Waals surface area contributed by atoms with E-state index in [1.807, 2.05) is 12.2 Å². The Balaban J connectivity index is 4.30. The molecule has 0 heterocycles. The van der Waals surface area contributed by atoms with E-state index >= 15 is 0 Å². The third-order valence-electron chi connectivity index (χ3n) is 6.89. The van der Waals surface area contributed by atoms with E-state index in [0.717, 1.165) is 64.2 Å². The molecule has 10 heteroatoms. The molecule has 0 amide bonds. The van der Waals surface area contributed by atoms with Crippen LogP contribution in [0.2, 0.25) is 0 Å². The van der Waals surface area contributed by atoms with E-state index in [-0.39, 0.29) is 19.4 Å². The van der Waals surface area contributed by atoms with E-state index in [9.17, 15) is 19.3 Å². The minimum atomic E-state index is -4.82. The minimum absolute atomic E-state index is 0.0352. The molecular weight excluding hydrogens is 667 g/mol. The zero-order valence-corrected chi connectivity index (χ0v) is 31.7. The molecule has 0 saturated heterocycles.